The molecule has 0 saturated carbocycles. The SMILES string of the molecule is COc1cc(NC(=O)/C=C/c2ccc(OCc3ccccc3)cc2O)cc(OC)c1OC. The molecule has 7 nitrogen and oxygen atoms in total. The zero-order valence-corrected chi connectivity index (χ0v) is 18.1. The summed E-state index contributed by atoms with van der Waals surface area (Å²) in [5, 5.41) is 13.0. The van der Waals surface area contributed by atoms with Crippen LogP contribution in [0.3, 0.4) is 0 Å². The summed E-state index contributed by atoms with van der Waals surface area (Å²) < 4.78 is 21.5. The van der Waals surface area contributed by atoms with Gasteiger partial charge in [-0.15, -0.1) is 0 Å². The number of benzene rings is 3. The van der Waals surface area contributed by atoms with Gasteiger partial charge in [0.25, 0.3) is 0 Å². The normalized spacial score (nSPS) is 10.6. The molecule has 2 N–H and O–H groups in total. The third kappa shape index (κ3) is 5.72. The summed E-state index contributed by atoms with van der Waals surface area (Å²) in [7, 11) is 4.50. The van der Waals surface area contributed by atoms with Crippen molar-refractivity contribution in [1.82, 2.24) is 0 Å². The number of phenolic OH excluding ortho intramolecular Hbond substituents is 1. The molecule has 0 spiro atoms. The van der Waals surface area contributed by atoms with Crippen molar-refractivity contribution < 1.29 is 28.8 Å². The molecule has 3 aromatic carbocycles. The number of anilines is 1. The maximum Gasteiger partial charge on any atom is 0.248 e. The average Bonchev–Trinajstić information content (AvgIpc) is 2.82. The number of carbonyl (C=O) groups excluding carboxylic acids is 1. The average molecular weight is 435 g/mol. The number of nitrogens with one attached hydrogen (secondary N) is 1. The fraction of sp³-hybridized carbons (Fsp3) is 0.160. The first kappa shape index (κ1) is 22.6. The van der Waals surface area contributed by atoms with Crippen LogP contribution in [-0.2, 0) is 11.4 Å². The van der Waals surface area contributed by atoms with E-state index in [0.29, 0.717) is 40.9 Å². The first-order chi connectivity index (χ1) is 15.5. The number of rotatable bonds is 9. The highest BCUT2D eigenvalue weighted by atomic mass is 16.5. The lowest BCUT2D eigenvalue weighted by atomic mass is 10.1. The first-order valence-corrected chi connectivity index (χ1v) is 9.83. The van der Waals surface area contributed by atoms with E-state index in [0.717, 1.165) is 5.56 Å². The summed E-state index contributed by atoms with van der Waals surface area (Å²) >= 11 is 0. The molecule has 1 amide bonds. The second-order valence-corrected chi connectivity index (χ2v) is 6.73. The number of hydrogen-bond donors (Lipinski definition) is 2. The Labute approximate surface area is 186 Å². The molecule has 0 heterocycles. The molecule has 0 aliphatic rings. The lowest BCUT2D eigenvalue weighted by Crippen LogP contribution is -2.08. The number of carbonyl (C=O) groups is 1. The Kier molecular flexibility index (Phi) is 7.59. The molecule has 0 aliphatic heterocycles. The van der Waals surface area contributed by atoms with Crippen LogP contribution >= 0.6 is 0 Å². The summed E-state index contributed by atoms with van der Waals surface area (Å²) in [4.78, 5) is 12.4. The smallest absolute Gasteiger partial charge is 0.248 e. The molecule has 0 bridgehead atoms. The van der Waals surface area contributed by atoms with Crippen LogP contribution in [0.25, 0.3) is 6.08 Å². The van der Waals surface area contributed by atoms with E-state index < -0.39 is 0 Å². The van der Waals surface area contributed by atoms with Crippen molar-refractivity contribution in [2.45, 2.75) is 6.61 Å². The van der Waals surface area contributed by atoms with Gasteiger partial charge in [0, 0.05) is 35.5 Å². The Morgan fingerprint density at radius 2 is 1.62 bits per heavy atom. The Hall–Kier alpha value is -4.13. The van der Waals surface area contributed by atoms with E-state index >= 15 is 0 Å². The van der Waals surface area contributed by atoms with Gasteiger partial charge >= 0.3 is 0 Å². The van der Waals surface area contributed by atoms with Crippen molar-refractivity contribution in [1.29, 1.82) is 0 Å². The Morgan fingerprint density at radius 3 is 2.22 bits per heavy atom. The molecular weight excluding hydrogens is 410 g/mol. The summed E-state index contributed by atoms with van der Waals surface area (Å²) in [5.41, 5.74) is 1.99. The molecule has 0 saturated heterocycles. The quantitative estimate of drug-likeness (QED) is 0.476. The van der Waals surface area contributed by atoms with Gasteiger partial charge in [0.1, 0.15) is 18.1 Å². The highest BCUT2D eigenvalue weighted by Crippen LogP contribution is 2.39. The van der Waals surface area contributed by atoms with Gasteiger partial charge in [0.15, 0.2) is 11.5 Å². The molecule has 0 fully saturated rings. The maximum absolute atomic E-state index is 12.4. The third-order valence-corrected chi connectivity index (χ3v) is 4.60. The van der Waals surface area contributed by atoms with Crippen LogP contribution in [0.4, 0.5) is 5.69 Å². The second-order valence-electron chi connectivity index (χ2n) is 6.73. The highest BCUT2D eigenvalue weighted by Gasteiger charge is 2.14. The molecule has 0 unspecified atom stereocenters. The molecular formula is C25H25NO6. The molecule has 0 radical (unpaired) electrons. The summed E-state index contributed by atoms with van der Waals surface area (Å²) in [6.07, 6.45) is 2.84. The van der Waals surface area contributed by atoms with E-state index in [-0.39, 0.29) is 11.7 Å². The molecule has 3 aromatic rings. The molecule has 7 heteroatoms. The van der Waals surface area contributed by atoms with Gasteiger partial charge in [0.2, 0.25) is 11.7 Å². The van der Waals surface area contributed by atoms with E-state index in [1.807, 2.05) is 30.3 Å². The van der Waals surface area contributed by atoms with Gasteiger partial charge in [-0.2, -0.15) is 0 Å². The largest absolute Gasteiger partial charge is 0.507 e. The third-order valence-electron chi connectivity index (χ3n) is 4.60. The number of ether oxygens (including phenoxy) is 4. The molecule has 3 rings (SSSR count). The van der Waals surface area contributed by atoms with Crippen molar-refractivity contribution >= 4 is 17.7 Å². The van der Waals surface area contributed by atoms with Crippen molar-refractivity contribution in [3.05, 3.63) is 77.9 Å². The van der Waals surface area contributed by atoms with Crippen LogP contribution in [0, 0.1) is 0 Å². The Bertz CT molecular complexity index is 1070. The number of methoxy groups -OCH3 is 3. The number of phenols is 1. The molecule has 166 valence electrons. The van der Waals surface area contributed by atoms with E-state index in [1.165, 1.54) is 39.5 Å². The number of aromatic hydroxyl groups is 1. The fourth-order valence-corrected chi connectivity index (χ4v) is 3.00. The molecule has 0 aromatic heterocycles. The van der Waals surface area contributed by atoms with Crippen LogP contribution in [0.5, 0.6) is 28.7 Å². The van der Waals surface area contributed by atoms with E-state index in [2.05, 4.69) is 5.32 Å². The van der Waals surface area contributed by atoms with Crippen molar-refractivity contribution in [3.8, 4) is 28.7 Å². The topological polar surface area (TPSA) is 86.3 Å². The number of amides is 1. The van der Waals surface area contributed by atoms with Gasteiger partial charge in [-0.25, -0.2) is 0 Å². The minimum atomic E-state index is -0.386. The van der Waals surface area contributed by atoms with Gasteiger partial charge in [-0.3, -0.25) is 4.79 Å². The molecule has 0 atom stereocenters. The predicted octanol–water partition coefficient (Wildman–Crippen LogP) is 4.65. The van der Waals surface area contributed by atoms with E-state index in [1.54, 1.807) is 24.3 Å². The highest BCUT2D eigenvalue weighted by molar-refractivity contribution is 6.02. The van der Waals surface area contributed by atoms with Gasteiger partial charge < -0.3 is 29.4 Å². The minimum Gasteiger partial charge on any atom is -0.507 e. The van der Waals surface area contributed by atoms with Crippen LogP contribution in [0.15, 0.2) is 66.7 Å². The van der Waals surface area contributed by atoms with Crippen LogP contribution in [0.1, 0.15) is 11.1 Å². The fourth-order valence-electron chi connectivity index (χ4n) is 3.00. The van der Waals surface area contributed by atoms with E-state index in [9.17, 15) is 9.90 Å². The number of hydrogen-bond acceptors (Lipinski definition) is 6. The maximum atomic E-state index is 12.4. The van der Waals surface area contributed by atoms with Gasteiger partial charge in [0.05, 0.1) is 21.3 Å². The Morgan fingerprint density at radius 1 is 0.938 bits per heavy atom. The summed E-state index contributed by atoms with van der Waals surface area (Å²) in [6, 6.07) is 17.9. The zero-order chi connectivity index (χ0) is 22.9. The predicted molar refractivity (Wildman–Crippen MR) is 123 cm³/mol. The van der Waals surface area contributed by atoms with Crippen LogP contribution in [-0.4, -0.2) is 32.3 Å². The van der Waals surface area contributed by atoms with Gasteiger partial charge in [-0.1, -0.05) is 30.3 Å². The zero-order valence-electron chi connectivity index (χ0n) is 18.1. The molecule has 32 heavy (non-hydrogen) atoms. The van der Waals surface area contributed by atoms with Crippen molar-refractivity contribution in [3.63, 3.8) is 0 Å². The van der Waals surface area contributed by atoms with E-state index in [4.69, 9.17) is 18.9 Å². The first-order valence-electron chi connectivity index (χ1n) is 9.83. The molecule has 0 aliphatic carbocycles. The second kappa shape index (κ2) is 10.8. The minimum absolute atomic E-state index is 0.00685. The monoisotopic (exact) mass is 435 g/mol. The standard InChI is InChI=1S/C25H25NO6/c1-29-22-13-19(14-23(30-2)25(22)31-3)26-24(28)12-10-18-9-11-20(15-21(18)27)32-16-17-7-5-4-6-8-17/h4-15,27H,16H2,1-3H3,(H,26,28)/b12-10+. The lowest BCUT2D eigenvalue weighted by Gasteiger charge is -2.14. The Balaban J connectivity index is 1.65. The van der Waals surface area contributed by atoms with Gasteiger partial charge in [-0.05, 0) is 23.8 Å². The van der Waals surface area contributed by atoms with Crippen molar-refractivity contribution in [2.75, 3.05) is 26.6 Å². The van der Waals surface area contributed by atoms with Crippen molar-refractivity contribution in [2.24, 2.45) is 0 Å². The summed E-state index contributed by atoms with van der Waals surface area (Å²) in [6.45, 7) is 0.395. The lowest BCUT2D eigenvalue weighted by molar-refractivity contribution is -0.111. The van der Waals surface area contributed by atoms with Crippen LogP contribution in [0.2, 0.25) is 0 Å². The van der Waals surface area contributed by atoms with Crippen LogP contribution < -0.4 is 24.3 Å². The summed E-state index contributed by atoms with van der Waals surface area (Å²) in [5.74, 6) is 1.44.